The topological polar surface area (TPSA) is 34.4 Å². The maximum atomic E-state index is 5.87. The molecule has 0 saturated heterocycles. The first kappa shape index (κ1) is 12.7. The van der Waals surface area contributed by atoms with Crippen LogP contribution in [-0.2, 0) is 11.3 Å². The molecule has 1 aliphatic carbocycles. The molecule has 1 unspecified atom stereocenters. The van der Waals surface area contributed by atoms with Gasteiger partial charge in [0.2, 0.25) is 0 Å². The van der Waals surface area contributed by atoms with Crippen molar-refractivity contribution in [2.45, 2.75) is 45.3 Å². The van der Waals surface area contributed by atoms with Crippen LogP contribution in [0.5, 0.6) is 0 Å². The summed E-state index contributed by atoms with van der Waals surface area (Å²) in [5.41, 5.74) is 0.330. The van der Waals surface area contributed by atoms with E-state index in [1.165, 1.54) is 25.7 Å². The summed E-state index contributed by atoms with van der Waals surface area (Å²) in [5, 5.41) is 3.42. The van der Waals surface area contributed by atoms with Gasteiger partial charge in [0.15, 0.2) is 0 Å². The Kier molecular flexibility index (Phi) is 3.89. The van der Waals surface area contributed by atoms with E-state index in [0.717, 1.165) is 11.5 Å². The normalized spacial score (nSPS) is 20.6. The first-order valence-electron chi connectivity index (χ1n) is 6.44. The lowest BCUT2D eigenvalue weighted by molar-refractivity contribution is 0.153. The molecule has 1 aliphatic rings. The third-order valence-electron chi connectivity index (χ3n) is 3.98. The van der Waals surface area contributed by atoms with Crippen molar-refractivity contribution in [3.8, 4) is 0 Å². The minimum atomic E-state index is 0.315. The van der Waals surface area contributed by atoms with Crippen molar-refractivity contribution in [3.63, 3.8) is 0 Å². The Morgan fingerprint density at radius 2 is 2.12 bits per heavy atom. The van der Waals surface area contributed by atoms with E-state index in [9.17, 15) is 0 Å². The maximum Gasteiger partial charge on any atom is 0.129 e. The minimum Gasteiger partial charge on any atom is -0.462 e. The zero-order valence-corrected chi connectivity index (χ0v) is 11.1. The molecule has 0 bridgehead atoms. The Bertz CT molecular complexity index is 353. The fourth-order valence-corrected chi connectivity index (χ4v) is 3.07. The molecular weight excluding hydrogens is 214 g/mol. The molecule has 0 aliphatic heterocycles. The summed E-state index contributed by atoms with van der Waals surface area (Å²) in [7, 11) is 3.71. The number of methoxy groups -OCH3 is 1. The van der Waals surface area contributed by atoms with Crippen LogP contribution >= 0.6 is 0 Å². The van der Waals surface area contributed by atoms with Crippen molar-refractivity contribution in [3.05, 3.63) is 23.7 Å². The zero-order chi connectivity index (χ0) is 12.3. The molecule has 1 fully saturated rings. The van der Waals surface area contributed by atoms with Crippen LogP contribution in [0, 0.1) is 5.41 Å². The number of hydrogen-bond donors (Lipinski definition) is 1. The van der Waals surface area contributed by atoms with Crippen LogP contribution in [0.15, 0.2) is 16.5 Å². The van der Waals surface area contributed by atoms with Crippen molar-refractivity contribution in [2.24, 2.45) is 5.41 Å². The maximum absolute atomic E-state index is 5.87. The molecule has 0 aromatic carbocycles. The fraction of sp³-hybridized carbons (Fsp3) is 0.714. The van der Waals surface area contributed by atoms with E-state index in [1.54, 1.807) is 7.11 Å². The fourth-order valence-electron chi connectivity index (χ4n) is 3.07. The second-order valence-electron chi connectivity index (χ2n) is 5.32. The molecule has 0 amide bonds. The Morgan fingerprint density at radius 1 is 1.41 bits per heavy atom. The lowest BCUT2D eigenvalue weighted by Crippen LogP contribution is -2.31. The quantitative estimate of drug-likeness (QED) is 0.853. The predicted molar refractivity (Wildman–Crippen MR) is 67.8 cm³/mol. The summed E-state index contributed by atoms with van der Waals surface area (Å²) < 4.78 is 11.0. The lowest BCUT2D eigenvalue weighted by Gasteiger charge is -2.32. The third kappa shape index (κ3) is 2.55. The highest BCUT2D eigenvalue weighted by Gasteiger charge is 2.38. The van der Waals surface area contributed by atoms with E-state index in [0.29, 0.717) is 18.1 Å². The Morgan fingerprint density at radius 3 is 2.71 bits per heavy atom. The van der Waals surface area contributed by atoms with E-state index >= 15 is 0 Å². The number of furan rings is 1. The highest BCUT2D eigenvalue weighted by atomic mass is 16.5. The zero-order valence-electron chi connectivity index (χ0n) is 11.1. The molecule has 17 heavy (non-hydrogen) atoms. The first-order chi connectivity index (χ1) is 8.19. The van der Waals surface area contributed by atoms with Gasteiger partial charge in [-0.3, -0.25) is 0 Å². The highest BCUT2D eigenvalue weighted by molar-refractivity contribution is 5.14. The Labute approximate surface area is 104 Å². The van der Waals surface area contributed by atoms with Crippen LogP contribution in [0.4, 0.5) is 0 Å². The molecule has 1 heterocycles. The van der Waals surface area contributed by atoms with Crippen molar-refractivity contribution in [2.75, 3.05) is 14.2 Å². The van der Waals surface area contributed by atoms with E-state index in [2.05, 4.69) is 18.3 Å². The van der Waals surface area contributed by atoms with E-state index in [4.69, 9.17) is 9.15 Å². The van der Waals surface area contributed by atoms with Crippen LogP contribution in [0.2, 0.25) is 0 Å². The molecule has 1 N–H and O–H groups in total. The molecular formula is C14H23NO2. The van der Waals surface area contributed by atoms with Gasteiger partial charge in [-0.2, -0.15) is 0 Å². The number of nitrogens with one attached hydrogen (secondary N) is 1. The van der Waals surface area contributed by atoms with Gasteiger partial charge < -0.3 is 14.5 Å². The molecule has 1 saturated carbocycles. The van der Waals surface area contributed by atoms with Gasteiger partial charge in [0.05, 0.1) is 6.04 Å². The van der Waals surface area contributed by atoms with Crippen LogP contribution in [0.25, 0.3) is 0 Å². The van der Waals surface area contributed by atoms with Gasteiger partial charge in [-0.25, -0.2) is 0 Å². The average Bonchev–Trinajstić information content (AvgIpc) is 2.91. The second-order valence-corrected chi connectivity index (χ2v) is 5.32. The standard InChI is InChI=1S/C14H23NO2/c1-14(8-4-5-9-14)13(15-2)12-7-6-11(17-12)10-16-3/h6-7,13,15H,4-5,8-10H2,1-3H3. The molecule has 1 aromatic heterocycles. The second kappa shape index (κ2) is 5.23. The van der Waals surface area contributed by atoms with Crippen LogP contribution in [0.3, 0.4) is 0 Å². The van der Waals surface area contributed by atoms with Crippen LogP contribution in [-0.4, -0.2) is 14.2 Å². The first-order valence-corrected chi connectivity index (χ1v) is 6.44. The van der Waals surface area contributed by atoms with Crippen LogP contribution < -0.4 is 5.32 Å². The molecule has 1 aromatic rings. The average molecular weight is 237 g/mol. The smallest absolute Gasteiger partial charge is 0.129 e. The van der Waals surface area contributed by atoms with Gasteiger partial charge in [-0.1, -0.05) is 19.8 Å². The number of rotatable bonds is 5. The molecule has 96 valence electrons. The molecule has 1 atom stereocenters. The predicted octanol–water partition coefficient (Wildman–Crippen LogP) is 3.27. The minimum absolute atomic E-state index is 0.315. The SMILES string of the molecule is CNC(c1ccc(COC)o1)C1(C)CCCC1. The van der Waals surface area contributed by atoms with Gasteiger partial charge in [0, 0.05) is 7.11 Å². The molecule has 0 spiro atoms. The number of ether oxygens (including phenoxy) is 1. The molecule has 3 heteroatoms. The van der Waals surface area contributed by atoms with E-state index in [-0.39, 0.29) is 0 Å². The summed E-state index contributed by atoms with van der Waals surface area (Å²) in [5.74, 6) is 1.95. The lowest BCUT2D eigenvalue weighted by atomic mass is 9.79. The summed E-state index contributed by atoms with van der Waals surface area (Å²) in [4.78, 5) is 0. The summed E-state index contributed by atoms with van der Waals surface area (Å²) in [6.07, 6.45) is 5.22. The van der Waals surface area contributed by atoms with Crippen molar-refractivity contribution < 1.29 is 9.15 Å². The summed E-state index contributed by atoms with van der Waals surface area (Å²) in [6.45, 7) is 2.91. The van der Waals surface area contributed by atoms with E-state index < -0.39 is 0 Å². The van der Waals surface area contributed by atoms with Gasteiger partial charge in [0.25, 0.3) is 0 Å². The summed E-state index contributed by atoms with van der Waals surface area (Å²) in [6, 6.07) is 4.41. The van der Waals surface area contributed by atoms with Gasteiger partial charge in [-0.15, -0.1) is 0 Å². The highest BCUT2D eigenvalue weighted by Crippen LogP contribution is 2.47. The monoisotopic (exact) mass is 237 g/mol. The number of hydrogen-bond acceptors (Lipinski definition) is 3. The molecule has 0 radical (unpaired) electrons. The van der Waals surface area contributed by atoms with Crippen molar-refractivity contribution >= 4 is 0 Å². The van der Waals surface area contributed by atoms with Crippen molar-refractivity contribution in [1.29, 1.82) is 0 Å². The largest absolute Gasteiger partial charge is 0.462 e. The van der Waals surface area contributed by atoms with Gasteiger partial charge in [0.1, 0.15) is 18.1 Å². The van der Waals surface area contributed by atoms with Gasteiger partial charge in [-0.05, 0) is 37.4 Å². The Hall–Kier alpha value is -0.800. The molecule has 2 rings (SSSR count). The molecule has 3 nitrogen and oxygen atoms in total. The summed E-state index contributed by atoms with van der Waals surface area (Å²) >= 11 is 0. The van der Waals surface area contributed by atoms with Gasteiger partial charge >= 0.3 is 0 Å². The van der Waals surface area contributed by atoms with Crippen molar-refractivity contribution in [1.82, 2.24) is 5.32 Å². The third-order valence-corrected chi connectivity index (χ3v) is 3.98. The van der Waals surface area contributed by atoms with Crippen LogP contribution in [0.1, 0.15) is 50.2 Å². The van der Waals surface area contributed by atoms with E-state index in [1.807, 2.05) is 13.1 Å². The Balaban J connectivity index is 2.16.